The minimum atomic E-state index is -0.694. The third kappa shape index (κ3) is 4.34. The second-order valence-corrected chi connectivity index (χ2v) is 7.84. The van der Waals surface area contributed by atoms with Gasteiger partial charge in [0.25, 0.3) is 5.91 Å². The molecule has 0 aromatic heterocycles. The molecule has 1 saturated heterocycles. The smallest absolute Gasteiger partial charge is 0.272 e. The topological polar surface area (TPSA) is 73.8 Å². The van der Waals surface area contributed by atoms with E-state index in [0.717, 1.165) is 18.2 Å². The lowest BCUT2D eigenvalue weighted by molar-refractivity contribution is -0.119. The van der Waals surface area contributed by atoms with Gasteiger partial charge in [0.05, 0.1) is 12.2 Å². The van der Waals surface area contributed by atoms with E-state index in [1.54, 1.807) is 24.3 Å². The van der Waals surface area contributed by atoms with E-state index in [0.29, 0.717) is 42.2 Å². The number of amides is 2. The summed E-state index contributed by atoms with van der Waals surface area (Å²) in [4.78, 5) is 31.2. The van der Waals surface area contributed by atoms with Crippen molar-refractivity contribution in [1.29, 1.82) is 0 Å². The Morgan fingerprint density at radius 3 is 2.57 bits per heavy atom. The Labute approximate surface area is 176 Å². The maximum absolute atomic E-state index is 13.7. The van der Waals surface area contributed by atoms with E-state index in [9.17, 15) is 18.4 Å². The van der Waals surface area contributed by atoms with Gasteiger partial charge in [-0.25, -0.2) is 8.78 Å². The van der Waals surface area contributed by atoms with Gasteiger partial charge in [0, 0.05) is 42.6 Å². The molecule has 0 unspecified atom stereocenters. The Bertz CT molecular complexity index is 1020. The fourth-order valence-electron chi connectivity index (χ4n) is 3.67. The molecule has 2 heterocycles. The molecular weight excluding hydrogens is 414 g/mol. The number of likely N-dealkylation sites (tertiary alicyclic amines) is 1. The number of carbonyl (C=O) groups excluding carboxylic acids is 2. The fraction of sp³-hybridized carbons (Fsp3) is 0.286. The highest BCUT2D eigenvalue weighted by Gasteiger charge is 2.42. The van der Waals surface area contributed by atoms with Crippen LogP contribution in [0.1, 0.15) is 18.4 Å². The molecule has 0 radical (unpaired) electrons. The zero-order valence-electron chi connectivity index (χ0n) is 15.9. The molecule has 156 valence electrons. The number of carbonyl (C=O) groups is 2. The van der Waals surface area contributed by atoms with Gasteiger partial charge in [0.1, 0.15) is 23.0 Å². The zero-order chi connectivity index (χ0) is 21.3. The van der Waals surface area contributed by atoms with Crippen molar-refractivity contribution in [2.75, 3.05) is 25.0 Å². The number of piperidine rings is 1. The van der Waals surface area contributed by atoms with Gasteiger partial charge >= 0.3 is 0 Å². The van der Waals surface area contributed by atoms with Crippen LogP contribution in [0.15, 0.2) is 47.5 Å². The van der Waals surface area contributed by atoms with E-state index in [-0.39, 0.29) is 18.1 Å². The highest BCUT2D eigenvalue weighted by molar-refractivity contribution is 6.47. The number of rotatable bonds is 4. The summed E-state index contributed by atoms with van der Waals surface area (Å²) in [5.74, 6) is -1.99. The Morgan fingerprint density at radius 1 is 1.17 bits per heavy atom. The molecule has 1 fully saturated rings. The van der Waals surface area contributed by atoms with E-state index in [1.807, 2.05) is 4.90 Å². The van der Waals surface area contributed by atoms with E-state index >= 15 is 0 Å². The fourth-order valence-corrected chi connectivity index (χ4v) is 3.80. The molecule has 0 saturated carbocycles. The first-order chi connectivity index (χ1) is 14.3. The first-order valence-electron chi connectivity index (χ1n) is 9.49. The third-order valence-corrected chi connectivity index (χ3v) is 5.51. The summed E-state index contributed by atoms with van der Waals surface area (Å²) >= 11 is 5.90. The van der Waals surface area contributed by atoms with Gasteiger partial charge in [-0.2, -0.15) is 0 Å². The molecule has 2 amide bonds. The number of hydrogen-bond acceptors (Lipinski definition) is 4. The van der Waals surface area contributed by atoms with Crippen molar-refractivity contribution >= 4 is 34.8 Å². The number of benzene rings is 2. The van der Waals surface area contributed by atoms with E-state index in [4.69, 9.17) is 11.6 Å². The van der Waals surface area contributed by atoms with Gasteiger partial charge in [-0.1, -0.05) is 23.7 Å². The molecule has 0 bridgehead atoms. The highest BCUT2D eigenvalue weighted by Crippen LogP contribution is 2.29. The molecular formula is C21H19ClF2N4O2. The number of hydrogen-bond donors (Lipinski definition) is 2. The van der Waals surface area contributed by atoms with Crippen molar-refractivity contribution in [3.8, 4) is 0 Å². The number of nitrogens with one attached hydrogen (secondary N) is 2. The van der Waals surface area contributed by atoms with Gasteiger partial charge in [-0.3, -0.25) is 19.5 Å². The van der Waals surface area contributed by atoms with Crippen molar-refractivity contribution in [3.63, 3.8) is 0 Å². The van der Waals surface area contributed by atoms with Crippen LogP contribution in [0.4, 0.5) is 14.5 Å². The third-order valence-electron chi connectivity index (χ3n) is 5.26. The molecule has 2 aliphatic heterocycles. The molecule has 0 aliphatic carbocycles. The minimum Gasteiger partial charge on any atom is -0.326 e. The standard InChI is InChI=1S/C21H19ClF2N4O2/c22-14-3-1-13(2-4-14)19-20(30)27-21(26-19)7-9-28(10-8-21)12-18(29)25-17-11-15(23)5-6-16(17)24/h1-6,11H,7-10,12H2,(H,25,29)(H,27,30). The van der Waals surface area contributed by atoms with Crippen LogP contribution in [-0.2, 0) is 9.59 Å². The van der Waals surface area contributed by atoms with Crippen molar-refractivity contribution in [1.82, 2.24) is 10.2 Å². The van der Waals surface area contributed by atoms with Gasteiger partial charge in [0.2, 0.25) is 5.91 Å². The number of nitrogens with zero attached hydrogens (tertiary/aromatic N) is 2. The van der Waals surface area contributed by atoms with Crippen molar-refractivity contribution in [2.45, 2.75) is 18.5 Å². The summed E-state index contributed by atoms with van der Waals surface area (Å²) in [7, 11) is 0. The molecule has 2 aromatic rings. The first-order valence-corrected chi connectivity index (χ1v) is 9.87. The van der Waals surface area contributed by atoms with Crippen LogP contribution in [0.3, 0.4) is 0 Å². The quantitative estimate of drug-likeness (QED) is 0.780. The van der Waals surface area contributed by atoms with Crippen LogP contribution >= 0.6 is 11.6 Å². The maximum Gasteiger partial charge on any atom is 0.272 e. The summed E-state index contributed by atoms with van der Waals surface area (Å²) in [5, 5.41) is 5.94. The van der Waals surface area contributed by atoms with Gasteiger partial charge in [0.15, 0.2) is 0 Å². The molecule has 1 spiro atoms. The van der Waals surface area contributed by atoms with Crippen LogP contribution in [0.5, 0.6) is 0 Å². The lowest BCUT2D eigenvalue weighted by Crippen LogP contribution is -2.52. The first kappa shape index (κ1) is 20.4. The Morgan fingerprint density at radius 2 is 1.87 bits per heavy atom. The van der Waals surface area contributed by atoms with Crippen molar-refractivity contribution in [3.05, 3.63) is 64.7 Å². The maximum atomic E-state index is 13.7. The predicted octanol–water partition coefficient (Wildman–Crippen LogP) is 2.97. The van der Waals surface area contributed by atoms with Gasteiger partial charge in [-0.15, -0.1) is 0 Å². The van der Waals surface area contributed by atoms with Crippen LogP contribution in [-0.4, -0.2) is 47.7 Å². The molecule has 4 rings (SSSR count). The molecule has 9 heteroatoms. The summed E-state index contributed by atoms with van der Waals surface area (Å²) in [6.45, 7) is 1.08. The van der Waals surface area contributed by atoms with Gasteiger partial charge < -0.3 is 10.6 Å². The number of halogens is 3. The second kappa shape index (κ2) is 8.12. The molecule has 2 aliphatic rings. The van der Waals surface area contributed by atoms with Crippen molar-refractivity contribution < 1.29 is 18.4 Å². The normalized spacial score (nSPS) is 18.2. The SMILES string of the molecule is O=C(CN1CCC2(CC1)N=C(c1ccc(Cl)cc1)C(=O)N2)Nc1cc(F)ccc1F. The predicted molar refractivity (Wildman–Crippen MR) is 110 cm³/mol. The Kier molecular flexibility index (Phi) is 5.53. The average Bonchev–Trinajstić information content (AvgIpc) is 3.03. The average molecular weight is 433 g/mol. The van der Waals surface area contributed by atoms with Crippen LogP contribution in [0.25, 0.3) is 0 Å². The molecule has 2 aromatic carbocycles. The minimum absolute atomic E-state index is 0.0355. The molecule has 30 heavy (non-hydrogen) atoms. The molecule has 6 nitrogen and oxygen atoms in total. The van der Waals surface area contributed by atoms with E-state index in [1.165, 1.54) is 0 Å². The Balaban J connectivity index is 1.36. The lowest BCUT2D eigenvalue weighted by Gasteiger charge is -2.36. The number of anilines is 1. The molecule has 2 N–H and O–H groups in total. The van der Waals surface area contributed by atoms with Gasteiger partial charge in [-0.05, 0) is 24.3 Å². The second-order valence-electron chi connectivity index (χ2n) is 7.40. The van der Waals surface area contributed by atoms with E-state index < -0.39 is 23.2 Å². The van der Waals surface area contributed by atoms with E-state index in [2.05, 4.69) is 15.6 Å². The van der Waals surface area contributed by atoms with Crippen LogP contribution in [0.2, 0.25) is 5.02 Å². The summed E-state index contributed by atoms with van der Waals surface area (Å²) < 4.78 is 26.9. The van der Waals surface area contributed by atoms with Crippen molar-refractivity contribution in [2.24, 2.45) is 4.99 Å². The lowest BCUT2D eigenvalue weighted by atomic mass is 9.98. The summed E-state index contributed by atoms with van der Waals surface area (Å²) in [6.07, 6.45) is 1.08. The van der Waals surface area contributed by atoms with Crippen LogP contribution in [0, 0.1) is 11.6 Å². The Hall–Kier alpha value is -2.84. The zero-order valence-corrected chi connectivity index (χ0v) is 16.7. The van der Waals surface area contributed by atoms with Crippen LogP contribution < -0.4 is 10.6 Å². The summed E-state index contributed by atoms with van der Waals surface area (Å²) in [5.41, 5.74) is 0.203. The number of aliphatic imine (C=N–C) groups is 1. The molecule has 0 atom stereocenters. The monoisotopic (exact) mass is 432 g/mol. The highest BCUT2D eigenvalue weighted by atomic mass is 35.5. The summed E-state index contributed by atoms with van der Waals surface area (Å²) in [6, 6.07) is 9.83. The largest absolute Gasteiger partial charge is 0.326 e.